The lowest BCUT2D eigenvalue weighted by Crippen LogP contribution is -2.42. The van der Waals surface area contributed by atoms with E-state index in [1.165, 1.54) is 25.8 Å². The van der Waals surface area contributed by atoms with Gasteiger partial charge in [0.15, 0.2) is 0 Å². The summed E-state index contributed by atoms with van der Waals surface area (Å²) in [5, 5.41) is 7.62. The monoisotopic (exact) mass is 328 g/mol. The first-order chi connectivity index (χ1) is 10.2. The van der Waals surface area contributed by atoms with Crippen LogP contribution in [0.3, 0.4) is 0 Å². The average Bonchev–Trinajstić information content (AvgIpc) is 2.99. The van der Waals surface area contributed by atoms with E-state index in [9.17, 15) is 4.79 Å². The molecule has 1 aromatic rings. The van der Waals surface area contributed by atoms with Gasteiger partial charge in [-0.3, -0.25) is 4.79 Å². The third-order valence-electron chi connectivity index (χ3n) is 4.56. The molecule has 8 heteroatoms. The highest BCUT2D eigenvalue weighted by atomic mass is 35.5. The van der Waals surface area contributed by atoms with Gasteiger partial charge in [0.2, 0.25) is 5.82 Å². The molecule has 7 nitrogen and oxygen atoms in total. The van der Waals surface area contributed by atoms with Crippen molar-refractivity contribution < 1.29 is 4.79 Å². The second-order valence-electron chi connectivity index (χ2n) is 6.16. The molecular weight excluding hydrogens is 304 g/mol. The van der Waals surface area contributed by atoms with Crippen molar-refractivity contribution in [1.82, 2.24) is 25.0 Å². The Balaban J connectivity index is 0.00000176. The van der Waals surface area contributed by atoms with Crippen LogP contribution in [-0.2, 0) is 0 Å². The number of likely N-dealkylation sites (tertiary alicyclic amines) is 1. The zero-order chi connectivity index (χ0) is 14.7. The number of hydrogen-bond donors (Lipinski definition) is 2. The largest absolute Gasteiger partial charge is 0.363 e. The lowest BCUT2D eigenvalue weighted by Gasteiger charge is -2.36. The maximum Gasteiger partial charge on any atom is 0.288 e. The van der Waals surface area contributed by atoms with Crippen molar-refractivity contribution >= 4 is 18.3 Å². The SMILES string of the molecule is Cl.NC(=O)c1ncn(C2CCCN(CC3CCNCC3)C2)n1. The van der Waals surface area contributed by atoms with Crippen LogP contribution < -0.4 is 11.1 Å². The van der Waals surface area contributed by atoms with Crippen LogP contribution in [0.25, 0.3) is 0 Å². The molecule has 0 bridgehead atoms. The van der Waals surface area contributed by atoms with Gasteiger partial charge in [0.05, 0.1) is 6.04 Å². The second-order valence-corrected chi connectivity index (χ2v) is 6.16. The number of piperidine rings is 2. The molecular formula is C14H25ClN6O. The number of halogens is 1. The minimum atomic E-state index is -0.559. The van der Waals surface area contributed by atoms with E-state index >= 15 is 0 Å². The number of nitrogens with two attached hydrogens (primary N) is 1. The van der Waals surface area contributed by atoms with Gasteiger partial charge in [0.25, 0.3) is 5.91 Å². The molecule has 3 N–H and O–H groups in total. The van der Waals surface area contributed by atoms with Crippen LogP contribution in [0.15, 0.2) is 6.33 Å². The molecule has 1 amide bonds. The Bertz CT molecular complexity index is 487. The van der Waals surface area contributed by atoms with E-state index in [0.717, 1.165) is 38.5 Å². The van der Waals surface area contributed by atoms with Gasteiger partial charge in [-0.05, 0) is 51.2 Å². The summed E-state index contributed by atoms with van der Waals surface area (Å²) in [4.78, 5) is 17.6. The van der Waals surface area contributed by atoms with Crippen LogP contribution in [0.1, 0.15) is 42.3 Å². The molecule has 3 rings (SSSR count). The third kappa shape index (κ3) is 4.18. The fourth-order valence-electron chi connectivity index (χ4n) is 3.41. The number of rotatable bonds is 4. The van der Waals surface area contributed by atoms with E-state index in [-0.39, 0.29) is 18.2 Å². The molecule has 0 radical (unpaired) electrons. The van der Waals surface area contributed by atoms with E-state index in [1.807, 2.05) is 4.68 Å². The molecule has 2 aliphatic heterocycles. The first-order valence-corrected chi connectivity index (χ1v) is 7.86. The third-order valence-corrected chi connectivity index (χ3v) is 4.56. The van der Waals surface area contributed by atoms with E-state index in [2.05, 4.69) is 20.3 Å². The van der Waals surface area contributed by atoms with Crippen molar-refractivity contribution in [2.75, 3.05) is 32.7 Å². The van der Waals surface area contributed by atoms with Gasteiger partial charge in [-0.2, -0.15) is 0 Å². The first kappa shape index (κ1) is 17.2. The fourth-order valence-corrected chi connectivity index (χ4v) is 3.41. The summed E-state index contributed by atoms with van der Waals surface area (Å²) in [5.41, 5.74) is 5.21. The quantitative estimate of drug-likeness (QED) is 0.837. The zero-order valence-electron chi connectivity index (χ0n) is 12.8. The number of aromatic nitrogens is 3. The van der Waals surface area contributed by atoms with E-state index in [4.69, 9.17) is 5.73 Å². The molecule has 0 aromatic carbocycles. The van der Waals surface area contributed by atoms with Crippen molar-refractivity contribution in [2.24, 2.45) is 11.7 Å². The molecule has 1 atom stereocenters. The Morgan fingerprint density at radius 3 is 2.82 bits per heavy atom. The van der Waals surface area contributed by atoms with Crippen LogP contribution in [0.5, 0.6) is 0 Å². The fraction of sp³-hybridized carbons (Fsp3) is 0.786. The molecule has 3 heterocycles. The van der Waals surface area contributed by atoms with Gasteiger partial charge in [-0.25, -0.2) is 9.67 Å². The Kier molecular flexibility index (Phi) is 6.16. The molecule has 0 aliphatic carbocycles. The van der Waals surface area contributed by atoms with Gasteiger partial charge >= 0.3 is 0 Å². The topological polar surface area (TPSA) is 89.1 Å². The van der Waals surface area contributed by atoms with Crippen molar-refractivity contribution in [2.45, 2.75) is 31.7 Å². The molecule has 2 saturated heterocycles. The number of hydrogen-bond acceptors (Lipinski definition) is 5. The number of nitrogens with zero attached hydrogens (tertiary/aromatic N) is 4. The minimum absolute atomic E-state index is 0. The van der Waals surface area contributed by atoms with Crippen LogP contribution >= 0.6 is 12.4 Å². The maximum absolute atomic E-state index is 11.1. The summed E-state index contributed by atoms with van der Waals surface area (Å²) in [6.07, 6.45) is 6.44. The van der Waals surface area contributed by atoms with Crippen LogP contribution in [-0.4, -0.2) is 58.3 Å². The Labute approximate surface area is 137 Å². The molecule has 124 valence electrons. The van der Waals surface area contributed by atoms with E-state index < -0.39 is 5.91 Å². The standard InChI is InChI=1S/C14H24N6O.ClH/c15-13(21)14-17-10-20(18-14)12-2-1-7-19(9-12)8-11-3-5-16-6-4-11;/h10-12,16H,1-9H2,(H2,15,21);1H. The predicted molar refractivity (Wildman–Crippen MR) is 86.1 cm³/mol. The van der Waals surface area contributed by atoms with Gasteiger partial charge in [-0.15, -0.1) is 17.5 Å². The normalized spacial score (nSPS) is 23.9. The molecule has 0 saturated carbocycles. The summed E-state index contributed by atoms with van der Waals surface area (Å²) in [5.74, 6) is 0.364. The number of amides is 1. The maximum atomic E-state index is 11.1. The van der Waals surface area contributed by atoms with E-state index in [0.29, 0.717) is 6.04 Å². The minimum Gasteiger partial charge on any atom is -0.363 e. The molecule has 2 fully saturated rings. The molecule has 0 spiro atoms. The van der Waals surface area contributed by atoms with Gasteiger partial charge in [0, 0.05) is 13.1 Å². The molecule has 22 heavy (non-hydrogen) atoms. The average molecular weight is 329 g/mol. The van der Waals surface area contributed by atoms with Gasteiger partial charge in [0.1, 0.15) is 6.33 Å². The second kappa shape index (κ2) is 7.89. The van der Waals surface area contributed by atoms with Crippen molar-refractivity contribution in [3.8, 4) is 0 Å². The summed E-state index contributed by atoms with van der Waals surface area (Å²) in [6, 6.07) is 0.307. The van der Waals surface area contributed by atoms with Crippen LogP contribution in [0.4, 0.5) is 0 Å². The predicted octanol–water partition coefficient (Wildman–Crippen LogP) is 0.435. The van der Waals surface area contributed by atoms with Crippen LogP contribution in [0, 0.1) is 5.92 Å². The number of nitrogens with one attached hydrogen (secondary N) is 1. The Morgan fingerprint density at radius 1 is 1.36 bits per heavy atom. The Morgan fingerprint density at radius 2 is 2.14 bits per heavy atom. The summed E-state index contributed by atoms with van der Waals surface area (Å²) < 4.78 is 1.81. The van der Waals surface area contributed by atoms with Crippen molar-refractivity contribution in [3.05, 3.63) is 12.2 Å². The lowest BCUT2D eigenvalue weighted by molar-refractivity contribution is 0.0988. The number of carbonyl (C=O) groups excluding carboxylic acids is 1. The lowest BCUT2D eigenvalue weighted by atomic mass is 9.96. The van der Waals surface area contributed by atoms with Crippen molar-refractivity contribution in [3.63, 3.8) is 0 Å². The zero-order valence-corrected chi connectivity index (χ0v) is 13.6. The smallest absolute Gasteiger partial charge is 0.288 e. The van der Waals surface area contributed by atoms with Gasteiger partial charge < -0.3 is 16.0 Å². The Hall–Kier alpha value is -1.18. The van der Waals surface area contributed by atoms with E-state index in [1.54, 1.807) is 6.33 Å². The van der Waals surface area contributed by atoms with Gasteiger partial charge in [-0.1, -0.05) is 0 Å². The molecule has 2 aliphatic rings. The highest BCUT2D eigenvalue weighted by Gasteiger charge is 2.25. The van der Waals surface area contributed by atoms with Crippen molar-refractivity contribution in [1.29, 1.82) is 0 Å². The number of primary amides is 1. The highest BCUT2D eigenvalue weighted by Crippen LogP contribution is 2.23. The summed E-state index contributed by atoms with van der Waals surface area (Å²) in [7, 11) is 0. The summed E-state index contributed by atoms with van der Waals surface area (Å²) in [6.45, 7) is 5.62. The first-order valence-electron chi connectivity index (χ1n) is 7.86. The summed E-state index contributed by atoms with van der Waals surface area (Å²) >= 11 is 0. The number of carbonyl (C=O) groups is 1. The van der Waals surface area contributed by atoms with Crippen LogP contribution in [0.2, 0.25) is 0 Å². The highest BCUT2D eigenvalue weighted by molar-refractivity contribution is 5.88. The molecule has 1 unspecified atom stereocenters. The molecule has 1 aromatic heterocycles.